The molecule has 0 saturated carbocycles. The Labute approximate surface area is 41.7 Å². The summed E-state index contributed by atoms with van der Waals surface area (Å²) in [5.41, 5.74) is 0. The minimum absolute atomic E-state index is 0.118. The maximum atomic E-state index is 4.83. The van der Waals surface area contributed by atoms with Crippen LogP contribution in [0.5, 0.6) is 0 Å². The fraction of sp³-hybridized carbons (Fsp3) is 0.500. The highest BCUT2D eigenvalue weighted by molar-refractivity contribution is 4.81. The lowest BCUT2D eigenvalue weighted by molar-refractivity contribution is 0.171. The lowest BCUT2D eigenvalue weighted by Crippen LogP contribution is -1.93. The molecule has 3 nitrogen and oxygen atoms in total. The van der Waals surface area contributed by atoms with E-state index in [1.165, 1.54) is 0 Å². The lowest BCUT2D eigenvalue weighted by Gasteiger charge is -1.94. The van der Waals surface area contributed by atoms with Crippen LogP contribution >= 0.6 is 0 Å². The molecule has 1 aliphatic heterocycles. The van der Waals surface area contributed by atoms with E-state index in [4.69, 9.17) is 4.74 Å². The minimum Gasteiger partial charge on any atom is -0.450 e. The van der Waals surface area contributed by atoms with Crippen molar-refractivity contribution in [2.24, 2.45) is 10.2 Å². The first-order chi connectivity index (χ1) is 3.29. The minimum atomic E-state index is -0.118. The molecule has 0 bridgehead atoms. The zero-order valence-corrected chi connectivity index (χ0v) is 4.09. The van der Waals surface area contributed by atoms with E-state index in [2.05, 4.69) is 16.8 Å². The first-order valence-electron chi connectivity index (χ1n) is 2.05. The maximum Gasteiger partial charge on any atom is 0.227 e. The fourth-order valence-corrected chi connectivity index (χ4v) is 0.390. The lowest BCUT2D eigenvalue weighted by atomic mass is 10.7. The molecule has 0 aliphatic carbocycles. The van der Waals surface area contributed by atoms with E-state index in [0.29, 0.717) is 5.88 Å². The van der Waals surface area contributed by atoms with Crippen molar-refractivity contribution in [1.29, 1.82) is 0 Å². The number of hydrogen-bond acceptors (Lipinski definition) is 3. The number of ether oxygens (including phenoxy) is 1. The van der Waals surface area contributed by atoms with Gasteiger partial charge in [0.2, 0.25) is 12.1 Å². The number of hydrogen-bond donors (Lipinski definition) is 0. The molecule has 3 heteroatoms. The Morgan fingerprint density at radius 2 is 2.57 bits per heavy atom. The molecular formula is C4H6N2O. The molecule has 1 unspecified atom stereocenters. The van der Waals surface area contributed by atoms with Crippen LogP contribution in [0.4, 0.5) is 0 Å². The fourth-order valence-electron chi connectivity index (χ4n) is 0.390. The van der Waals surface area contributed by atoms with Gasteiger partial charge < -0.3 is 4.74 Å². The molecular weight excluding hydrogens is 92.1 g/mol. The maximum absolute atomic E-state index is 4.83. The topological polar surface area (TPSA) is 34.0 Å². The van der Waals surface area contributed by atoms with Gasteiger partial charge in [-0.15, -0.1) is 10.2 Å². The average Bonchev–Trinajstić information content (AvgIpc) is 1.87. The Bertz CT molecular complexity index is 119. The van der Waals surface area contributed by atoms with E-state index < -0.39 is 0 Å². The van der Waals surface area contributed by atoms with Crippen LogP contribution in [-0.2, 0) is 4.74 Å². The van der Waals surface area contributed by atoms with Crippen LogP contribution in [-0.4, -0.2) is 6.23 Å². The number of rotatable bonds is 0. The number of azo groups is 1. The Morgan fingerprint density at radius 3 is 2.71 bits per heavy atom. The van der Waals surface area contributed by atoms with Gasteiger partial charge in [-0.1, -0.05) is 0 Å². The second-order valence-electron chi connectivity index (χ2n) is 1.33. The molecule has 1 aliphatic rings. The highest BCUT2D eigenvalue weighted by Gasteiger charge is 2.06. The third kappa shape index (κ3) is 0.765. The highest BCUT2D eigenvalue weighted by atomic mass is 16.5. The van der Waals surface area contributed by atoms with Crippen LogP contribution in [0.15, 0.2) is 22.7 Å². The molecule has 0 saturated heterocycles. The molecule has 0 radical (unpaired) electrons. The van der Waals surface area contributed by atoms with Gasteiger partial charge in [0.05, 0.1) is 0 Å². The third-order valence-corrected chi connectivity index (χ3v) is 0.638. The van der Waals surface area contributed by atoms with Crippen LogP contribution in [0, 0.1) is 0 Å². The Balaban J connectivity index is 2.58. The zero-order valence-electron chi connectivity index (χ0n) is 4.09. The van der Waals surface area contributed by atoms with Crippen LogP contribution < -0.4 is 0 Å². The summed E-state index contributed by atoms with van der Waals surface area (Å²) in [6.07, 6.45) is -0.118. The molecule has 0 aromatic heterocycles. The molecule has 0 fully saturated rings. The predicted molar refractivity (Wildman–Crippen MR) is 24.5 cm³/mol. The molecule has 1 atom stereocenters. The Kier molecular flexibility index (Phi) is 0.817. The monoisotopic (exact) mass is 98.0 g/mol. The summed E-state index contributed by atoms with van der Waals surface area (Å²) in [6, 6.07) is 0. The average molecular weight is 98.1 g/mol. The molecule has 7 heavy (non-hydrogen) atoms. The van der Waals surface area contributed by atoms with Gasteiger partial charge in [0, 0.05) is 0 Å². The van der Waals surface area contributed by atoms with Crippen LogP contribution in [0.25, 0.3) is 0 Å². The standard InChI is InChI=1S/C4H6N2O/c1-3-5-6-4(2)7-3/h4H,1H2,2H3. The van der Waals surface area contributed by atoms with Crippen LogP contribution in [0.2, 0.25) is 0 Å². The normalized spacial score (nSPS) is 28.1. The number of nitrogens with zero attached hydrogens (tertiary/aromatic N) is 2. The summed E-state index contributed by atoms with van der Waals surface area (Å²) in [7, 11) is 0. The second kappa shape index (κ2) is 1.33. The van der Waals surface area contributed by atoms with Crippen molar-refractivity contribution in [3.8, 4) is 0 Å². The zero-order chi connectivity index (χ0) is 5.28. The molecule has 38 valence electrons. The van der Waals surface area contributed by atoms with Gasteiger partial charge in [-0.3, -0.25) is 0 Å². The van der Waals surface area contributed by atoms with E-state index in [0.717, 1.165) is 0 Å². The van der Waals surface area contributed by atoms with Gasteiger partial charge in [0.1, 0.15) is 0 Å². The molecule has 0 aromatic carbocycles. The predicted octanol–water partition coefficient (Wildman–Crippen LogP) is 1.29. The SMILES string of the molecule is C=C1N=NC(C)O1. The Hall–Kier alpha value is -0.860. The summed E-state index contributed by atoms with van der Waals surface area (Å²) >= 11 is 0. The third-order valence-electron chi connectivity index (χ3n) is 0.638. The quantitative estimate of drug-likeness (QED) is 0.449. The van der Waals surface area contributed by atoms with Gasteiger partial charge in [-0.2, -0.15) is 0 Å². The van der Waals surface area contributed by atoms with Gasteiger partial charge >= 0.3 is 0 Å². The van der Waals surface area contributed by atoms with E-state index in [-0.39, 0.29) is 6.23 Å². The van der Waals surface area contributed by atoms with Gasteiger partial charge in [0.15, 0.2) is 0 Å². The molecule has 1 rings (SSSR count). The van der Waals surface area contributed by atoms with Gasteiger partial charge in [0.25, 0.3) is 0 Å². The van der Waals surface area contributed by atoms with E-state index in [9.17, 15) is 0 Å². The van der Waals surface area contributed by atoms with Crippen molar-refractivity contribution in [3.63, 3.8) is 0 Å². The largest absolute Gasteiger partial charge is 0.450 e. The Morgan fingerprint density at radius 1 is 1.86 bits per heavy atom. The smallest absolute Gasteiger partial charge is 0.227 e. The molecule has 1 heterocycles. The summed E-state index contributed by atoms with van der Waals surface area (Å²) in [6.45, 7) is 5.23. The first kappa shape index (κ1) is 4.30. The summed E-state index contributed by atoms with van der Waals surface area (Å²) in [5.74, 6) is 0.410. The molecule has 0 amide bonds. The molecule has 0 spiro atoms. The molecule has 0 aromatic rings. The summed E-state index contributed by atoms with van der Waals surface area (Å²) in [5, 5.41) is 7.15. The van der Waals surface area contributed by atoms with Gasteiger partial charge in [-0.05, 0) is 13.5 Å². The van der Waals surface area contributed by atoms with Crippen molar-refractivity contribution in [3.05, 3.63) is 12.5 Å². The van der Waals surface area contributed by atoms with Crippen molar-refractivity contribution in [2.75, 3.05) is 0 Å². The van der Waals surface area contributed by atoms with Crippen LogP contribution in [0.1, 0.15) is 6.92 Å². The van der Waals surface area contributed by atoms with E-state index >= 15 is 0 Å². The summed E-state index contributed by atoms with van der Waals surface area (Å²) < 4.78 is 4.83. The van der Waals surface area contributed by atoms with Crippen molar-refractivity contribution in [1.82, 2.24) is 0 Å². The summed E-state index contributed by atoms with van der Waals surface area (Å²) in [4.78, 5) is 0. The van der Waals surface area contributed by atoms with E-state index in [1.54, 1.807) is 0 Å². The van der Waals surface area contributed by atoms with Crippen molar-refractivity contribution >= 4 is 0 Å². The highest BCUT2D eigenvalue weighted by Crippen LogP contribution is 2.11. The first-order valence-corrected chi connectivity index (χ1v) is 2.05. The molecule has 0 N–H and O–H groups in total. The van der Waals surface area contributed by atoms with Crippen LogP contribution in [0.3, 0.4) is 0 Å². The second-order valence-corrected chi connectivity index (χ2v) is 1.33. The van der Waals surface area contributed by atoms with Crippen molar-refractivity contribution in [2.45, 2.75) is 13.2 Å². The van der Waals surface area contributed by atoms with E-state index in [1.807, 2.05) is 6.92 Å². The van der Waals surface area contributed by atoms with Crippen molar-refractivity contribution < 1.29 is 4.74 Å². The van der Waals surface area contributed by atoms with Gasteiger partial charge in [-0.25, -0.2) is 0 Å².